The number of para-hydroxylation sites is 1. The quantitative estimate of drug-likeness (QED) is 0.231. The third-order valence-corrected chi connectivity index (χ3v) is 7.32. The number of fused-ring (bicyclic) bond motifs is 3. The Morgan fingerprint density at radius 1 is 0.571 bits per heavy atom. The lowest BCUT2D eigenvalue weighted by Crippen LogP contribution is -2.01. The summed E-state index contributed by atoms with van der Waals surface area (Å²) in [6.07, 6.45) is 6.06. The molecular weight excluding hydrogens is 518 g/mol. The summed E-state index contributed by atoms with van der Waals surface area (Å²) in [5.74, 6) is 0.960. The van der Waals surface area contributed by atoms with E-state index in [1.165, 1.54) is 35.9 Å². The van der Waals surface area contributed by atoms with Crippen LogP contribution in [0, 0.1) is 29.6 Å². The van der Waals surface area contributed by atoms with E-state index in [0.29, 0.717) is 22.8 Å². The molecule has 0 atom stereocenters. The number of hydrogen-bond donors (Lipinski definition) is 0. The summed E-state index contributed by atoms with van der Waals surface area (Å²) in [5.41, 5.74) is 8.80. The van der Waals surface area contributed by atoms with Crippen molar-refractivity contribution in [2.45, 2.75) is 6.92 Å². The Labute approximate surface area is 241 Å². The zero-order valence-corrected chi connectivity index (χ0v) is 22.5. The van der Waals surface area contributed by atoms with Gasteiger partial charge in [0.15, 0.2) is 11.6 Å². The summed E-state index contributed by atoms with van der Waals surface area (Å²) in [4.78, 5) is 17.9. The standard InChI is InChI=1S/C35H21N7/c1-22-5-4-6-25(13-22)26-9-11-32-29(14-26)28-7-2-3-8-31(28)42(32)33-12-10-27(34-38-18-23(16-36)19-39-34)15-30(33)35-40-20-24(17-37)21-41-35/h2-15,18-21H,1H3. The van der Waals surface area contributed by atoms with E-state index in [4.69, 9.17) is 0 Å². The van der Waals surface area contributed by atoms with Gasteiger partial charge in [0.1, 0.15) is 12.1 Å². The summed E-state index contributed by atoms with van der Waals surface area (Å²) in [6, 6.07) is 33.5. The molecule has 42 heavy (non-hydrogen) atoms. The van der Waals surface area contributed by atoms with Gasteiger partial charge in [-0.25, -0.2) is 19.9 Å². The second-order valence-electron chi connectivity index (χ2n) is 10.0. The maximum atomic E-state index is 9.32. The smallest absolute Gasteiger partial charge is 0.161 e. The fraction of sp³-hybridized carbons (Fsp3) is 0.0286. The Kier molecular flexibility index (Phi) is 5.97. The molecule has 7 rings (SSSR count). The summed E-state index contributed by atoms with van der Waals surface area (Å²) < 4.78 is 2.23. The van der Waals surface area contributed by atoms with Crippen molar-refractivity contribution in [1.82, 2.24) is 24.5 Å². The average molecular weight is 540 g/mol. The molecule has 7 aromatic rings. The van der Waals surface area contributed by atoms with E-state index in [9.17, 15) is 10.5 Å². The lowest BCUT2D eigenvalue weighted by Gasteiger charge is -2.15. The van der Waals surface area contributed by atoms with Gasteiger partial charge in [0.25, 0.3) is 0 Å². The summed E-state index contributed by atoms with van der Waals surface area (Å²) >= 11 is 0. The van der Waals surface area contributed by atoms with Gasteiger partial charge in [-0.15, -0.1) is 0 Å². The topological polar surface area (TPSA) is 104 Å². The van der Waals surface area contributed by atoms with E-state index in [-0.39, 0.29) is 0 Å². The highest BCUT2D eigenvalue weighted by Gasteiger charge is 2.19. The Morgan fingerprint density at radius 2 is 1.21 bits per heavy atom. The lowest BCUT2D eigenvalue weighted by atomic mass is 10.0. The van der Waals surface area contributed by atoms with Crippen LogP contribution in [0.5, 0.6) is 0 Å². The molecule has 0 unspecified atom stereocenters. The molecule has 0 aliphatic heterocycles. The van der Waals surface area contributed by atoms with Crippen LogP contribution in [0.1, 0.15) is 16.7 Å². The maximum Gasteiger partial charge on any atom is 0.161 e. The van der Waals surface area contributed by atoms with Crippen LogP contribution >= 0.6 is 0 Å². The summed E-state index contributed by atoms with van der Waals surface area (Å²) in [6.45, 7) is 2.10. The molecule has 0 saturated heterocycles. The lowest BCUT2D eigenvalue weighted by molar-refractivity contribution is 1.12. The van der Waals surface area contributed by atoms with Gasteiger partial charge in [0.05, 0.1) is 27.8 Å². The van der Waals surface area contributed by atoms with E-state index in [1.807, 2.05) is 24.3 Å². The maximum absolute atomic E-state index is 9.32. The molecule has 0 saturated carbocycles. The Bertz CT molecular complexity index is 2220. The van der Waals surface area contributed by atoms with Crippen molar-refractivity contribution in [3.8, 4) is 51.7 Å². The Hall–Kier alpha value is -6.18. The highest BCUT2D eigenvalue weighted by molar-refractivity contribution is 6.11. The van der Waals surface area contributed by atoms with Crippen LogP contribution in [0.2, 0.25) is 0 Å². The van der Waals surface area contributed by atoms with Gasteiger partial charge in [-0.1, -0.05) is 54.1 Å². The zero-order chi connectivity index (χ0) is 28.6. The molecular formula is C35H21N7. The monoisotopic (exact) mass is 539 g/mol. The molecule has 7 heteroatoms. The van der Waals surface area contributed by atoms with E-state index >= 15 is 0 Å². The third-order valence-electron chi connectivity index (χ3n) is 7.32. The van der Waals surface area contributed by atoms with Crippen molar-refractivity contribution in [1.29, 1.82) is 10.5 Å². The number of rotatable bonds is 4. The second kappa shape index (κ2) is 10.1. The van der Waals surface area contributed by atoms with E-state index in [2.05, 4.69) is 104 Å². The second-order valence-corrected chi connectivity index (χ2v) is 10.0. The average Bonchev–Trinajstić information content (AvgIpc) is 3.38. The molecule has 0 radical (unpaired) electrons. The van der Waals surface area contributed by atoms with Crippen molar-refractivity contribution >= 4 is 21.8 Å². The van der Waals surface area contributed by atoms with Crippen molar-refractivity contribution in [2.24, 2.45) is 0 Å². The molecule has 0 bridgehead atoms. The van der Waals surface area contributed by atoms with Crippen molar-refractivity contribution in [2.75, 3.05) is 0 Å². The molecule has 0 fully saturated rings. The molecule has 0 amide bonds. The SMILES string of the molecule is Cc1cccc(-c2ccc3c(c2)c2ccccc2n3-c2ccc(-c3ncc(C#N)cn3)cc2-c2ncc(C#N)cn2)c1. The molecule has 3 aromatic heterocycles. The van der Waals surface area contributed by atoms with Gasteiger partial charge in [0, 0.05) is 46.7 Å². The number of benzene rings is 4. The first-order chi connectivity index (χ1) is 20.6. The van der Waals surface area contributed by atoms with Crippen LogP contribution < -0.4 is 0 Å². The number of hydrogen-bond acceptors (Lipinski definition) is 6. The fourth-order valence-electron chi connectivity index (χ4n) is 5.35. The third kappa shape index (κ3) is 4.23. The number of nitriles is 2. The minimum absolute atomic E-state index is 0.382. The fourth-order valence-corrected chi connectivity index (χ4v) is 5.35. The van der Waals surface area contributed by atoms with E-state index in [0.717, 1.165) is 44.2 Å². The van der Waals surface area contributed by atoms with Gasteiger partial charge in [-0.05, 0) is 54.4 Å². The van der Waals surface area contributed by atoms with Gasteiger partial charge in [-0.2, -0.15) is 10.5 Å². The van der Waals surface area contributed by atoms with Crippen molar-refractivity contribution in [3.63, 3.8) is 0 Å². The van der Waals surface area contributed by atoms with Crippen molar-refractivity contribution in [3.05, 3.63) is 126 Å². The molecule has 7 nitrogen and oxygen atoms in total. The van der Waals surface area contributed by atoms with Crippen molar-refractivity contribution < 1.29 is 0 Å². The van der Waals surface area contributed by atoms with Crippen LogP contribution in [0.3, 0.4) is 0 Å². The normalized spacial score (nSPS) is 10.9. The Morgan fingerprint density at radius 3 is 1.93 bits per heavy atom. The van der Waals surface area contributed by atoms with Crippen LogP contribution in [0.15, 0.2) is 110 Å². The number of aromatic nitrogens is 5. The van der Waals surface area contributed by atoms with Gasteiger partial charge < -0.3 is 4.57 Å². The zero-order valence-electron chi connectivity index (χ0n) is 22.5. The molecule has 0 aliphatic rings. The Balaban J connectivity index is 1.48. The highest BCUT2D eigenvalue weighted by atomic mass is 15.0. The van der Waals surface area contributed by atoms with Crippen LogP contribution in [-0.2, 0) is 0 Å². The molecule has 3 heterocycles. The largest absolute Gasteiger partial charge is 0.309 e. The van der Waals surface area contributed by atoms with Gasteiger partial charge >= 0.3 is 0 Å². The summed E-state index contributed by atoms with van der Waals surface area (Å²) in [5, 5.41) is 20.8. The predicted octanol–water partition coefficient (Wildman–Crippen LogP) is 7.42. The van der Waals surface area contributed by atoms with Crippen LogP contribution in [-0.4, -0.2) is 24.5 Å². The number of aryl methyl sites for hydroxylation is 1. The van der Waals surface area contributed by atoms with Crippen LogP contribution in [0.25, 0.3) is 61.4 Å². The molecule has 0 spiro atoms. The summed E-state index contributed by atoms with van der Waals surface area (Å²) in [7, 11) is 0. The number of nitrogens with zero attached hydrogens (tertiary/aromatic N) is 7. The van der Waals surface area contributed by atoms with Gasteiger partial charge in [-0.3, -0.25) is 0 Å². The van der Waals surface area contributed by atoms with Gasteiger partial charge in [0.2, 0.25) is 0 Å². The molecule has 0 aliphatic carbocycles. The molecule has 0 N–H and O–H groups in total. The van der Waals surface area contributed by atoms with E-state index < -0.39 is 0 Å². The first-order valence-corrected chi connectivity index (χ1v) is 13.3. The minimum atomic E-state index is 0.382. The first-order valence-electron chi connectivity index (χ1n) is 13.3. The highest BCUT2D eigenvalue weighted by Crippen LogP contribution is 2.38. The molecule has 4 aromatic carbocycles. The molecule has 196 valence electrons. The van der Waals surface area contributed by atoms with E-state index in [1.54, 1.807) is 0 Å². The predicted molar refractivity (Wildman–Crippen MR) is 162 cm³/mol. The van der Waals surface area contributed by atoms with Crippen LogP contribution in [0.4, 0.5) is 0 Å². The first kappa shape index (κ1) is 24.8. The minimum Gasteiger partial charge on any atom is -0.309 e.